The van der Waals surface area contributed by atoms with Gasteiger partial charge in [0.25, 0.3) is 5.69 Å². The number of tetrazole rings is 1. The number of nitrogens with zero attached hydrogens (tertiary/aromatic N) is 6. The number of nitrogens with one attached hydrogen (secondary N) is 1. The Morgan fingerprint density at radius 1 is 1.33 bits per heavy atom. The second kappa shape index (κ2) is 8.84. The molecule has 0 spiro atoms. The smallest absolute Gasteiger partial charge is 0.270 e. The standard InChI is InChI=1S/C17H13N7O4S2/c25-15(10-30-17-20-21-22-23(17)8-13-5-2-6-28-13)19-16-18-14(9-29-16)11-3-1-4-12(7-11)24(26)27/h1-7,9H,8,10H2,(H,18,19,25). The summed E-state index contributed by atoms with van der Waals surface area (Å²) in [4.78, 5) is 27.1. The Bertz CT molecular complexity index is 1170. The van der Waals surface area contributed by atoms with Crippen LogP contribution in [0, 0.1) is 10.1 Å². The lowest BCUT2D eigenvalue weighted by Crippen LogP contribution is -2.14. The maximum absolute atomic E-state index is 12.3. The highest BCUT2D eigenvalue weighted by atomic mass is 32.2. The van der Waals surface area contributed by atoms with E-state index < -0.39 is 4.92 Å². The number of carbonyl (C=O) groups is 1. The first-order chi connectivity index (χ1) is 14.6. The van der Waals surface area contributed by atoms with E-state index in [-0.39, 0.29) is 17.3 Å². The predicted molar refractivity (Wildman–Crippen MR) is 109 cm³/mol. The Morgan fingerprint density at radius 2 is 2.23 bits per heavy atom. The van der Waals surface area contributed by atoms with Gasteiger partial charge >= 0.3 is 0 Å². The number of thioether (sulfide) groups is 1. The molecule has 0 unspecified atom stereocenters. The highest BCUT2D eigenvalue weighted by molar-refractivity contribution is 7.99. The van der Waals surface area contributed by atoms with Crippen molar-refractivity contribution in [2.75, 3.05) is 11.1 Å². The molecule has 11 nitrogen and oxygen atoms in total. The van der Waals surface area contributed by atoms with E-state index in [4.69, 9.17) is 4.42 Å². The van der Waals surface area contributed by atoms with E-state index in [9.17, 15) is 14.9 Å². The lowest BCUT2D eigenvalue weighted by molar-refractivity contribution is -0.384. The van der Waals surface area contributed by atoms with Crippen LogP contribution in [0.1, 0.15) is 5.76 Å². The molecule has 4 aromatic rings. The van der Waals surface area contributed by atoms with Gasteiger partial charge in [0, 0.05) is 23.1 Å². The first-order valence-electron chi connectivity index (χ1n) is 8.50. The Labute approximate surface area is 177 Å². The van der Waals surface area contributed by atoms with Gasteiger partial charge in [0.15, 0.2) is 5.13 Å². The fourth-order valence-electron chi connectivity index (χ4n) is 2.48. The van der Waals surface area contributed by atoms with E-state index in [0.29, 0.717) is 33.9 Å². The second-order valence-corrected chi connectivity index (χ2v) is 7.68. The maximum Gasteiger partial charge on any atom is 0.270 e. The van der Waals surface area contributed by atoms with Gasteiger partial charge in [-0.05, 0) is 22.6 Å². The minimum absolute atomic E-state index is 0.0187. The van der Waals surface area contributed by atoms with Crippen molar-refractivity contribution in [1.82, 2.24) is 25.2 Å². The van der Waals surface area contributed by atoms with Crippen LogP contribution in [0.25, 0.3) is 11.3 Å². The molecule has 0 saturated carbocycles. The number of nitro groups is 1. The number of hydrogen-bond acceptors (Lipinski definition) is 10. The molecule has 3 heterocycles. The number of anilines is 1. The molecule has 1 amide bonds. The van der Waals surface area contributed by atoms with Gasteiger partial charge in [0.1, 0.15) is 12.3 Å². The number of carbonyl (C=O) groups excluding carboxylic acids is 1. The van der Waals surface area contributed by atoms with Gasteiger partial charge in [-0.2, -0.15) is 0 Å². The van der Waals surface area contributed by atoms with Crippen LogP contribution in [0.2, 0.25) is 0 Å². The number of nitro benzene ring substituents is 1. The van der Waals surface area contributed by atoms with Crippen LogP contribution >= 0.6 is 23.1 Å². The molecule has 1 aromatic carbocycles. The zero-order valence-electron chi connectivity index (χ0n) is 15.2. The van der Waals surface area contributed by atoms with E-state index in [1.54, 1.807) is 34.5 Å². The molecule has 30 heavy (non-hydrogen) atoms. The largest absolute Gasteiger partial charge is 0.467 e. The van der Waals surface area contributed by atoms with Crippen LogP contribution in [0.5, 0.6) is 0 Å². The number of benzene rings is 1. The third kappa shape index (κ3) is 4.69. The van der Waals surface area contributed by atoms with Crippen molar-refractivity contribution < 1.29 is 14.1 Å². The third-order valence-corrected chi connectivity index (χ3v) is 5.54. The molecular formula is C17H13N7O4S2. The Hall–Kier alpha value is -3.58. The van der Waals surface area contributed by atoms with Crippen LogP contribution in [0.15, 0.2) is 57.6 Å². The van der Waals surface area contributed by atoms with Gasteiger partial charge in [0.05, 0.1) is 22.6 Å². The fraction of sp³-hybridized carbons (Fsp3) is 0.118. The monoisotopic (exact) mass is 443 g/mol. The predicted octanol–water partition coefficient (Wildman–Crippen LogP) is 3.08. The summed E-state index contributed by atoms with van der Waals surface area (Å²) in [5.41, 5.74) is 1.14. The molecule has 0 saturated heterocycles. The number of thiazole rings is 1. The molecule has 0 fully saturated rings. The van der Waals surface area contributed by atoms with E-state index >= 15 is 0 Å². The lowest BCUT2D eigenvalue weighted by Gasteiger charge is -2.03. The molecule has 4 rings (SSSR count). The number of hydrogen-bond donors (Lipinski definition) is 1. The van der Waals surface area contributed by atoms with Crippen LogP contribution in [0.3, 0.4) is 0 Å². The van der Waals surface area contributed by atoms with Crippen LogP contribution in [-0.4, -0.2) is 41.8 Å². The quantitative estimate of drug-likeness (QED) is 0.247. The summed E-state index contributed by atoms with van der Waals surface area (Å²) in [5, 5.41) is 27.7. The Morgan fingerprint density at radius 3 is 3.03 bits per heavy atom. The van der Waals surface area contributed by atoms with E-state index in [1.165, 1.54) is 35.2 Å². The number of amides is 1. The zero-order chi connectivity index (χ0) is 20.9. The highest BCUT2D eigenvalue weighted by Crippen LogP contribution is 2.27. The second-order valence-electron chi connectivity index (χ2n) is 5.88. The summed E-state index contributed by atoms with van der Waals surface area (Å²) >= 11 is 2.42. The molecule has 0 aliphatic rings. The summed E-state index contributed by atoms with van der Waals surface area (Å²) < 4.78 is 6.82. The topological polar surface area (TPSA) is 142 Å². The highest BCUT2D eigenvalue weighted by Gasteiger charge is 2.14. The summed E-state index contributed by atoms with van der Waals surface area (Å²) in [7, 11) is 0. The zero-order valence-corrected chi connectivity index (χ0v) is 16.8. The molecule has 0 radical (unpaired) electrons. The average molecular weight is 443 g/mol. The first-order valence-corrected chi connectivity index (χ1v) is 10.4. The van der Waals surface area contributed by atoms with Crippen molar-refractivity contribution >= 4 is 39.8 Å². The third-order valence-electron chi connectivity index (χ3n) is 3.82. The summed E-state index contributed by atoms with van der Waals surface area (Å²) in [6.07, 6.45) is 1.57. The van der Waals surface area contributed by atoms with Gasteiger partial charge in [0.2, 0.25) is 11.1 Å². The normalized spacial score (nSPS) is 10.8. The molecule has 0 atom stereocenters. The summed E-state index contributed by atoms with van der Waals surface area (Å²) in [6.45, 7) is 0.364. The molecule has 152 valence electrons. The van der Waals surface area contributed by atoms with E-state index in [2.05, 4.69) is 25.8 Å². The average Bonchev–Trinajstić information content (AvgIpc) is 3.49. The maximum atomic E-state index is 12.3. The first kappa shape index (κ1) is 19.7. The number of aromatic nitrogens is 5. The van der Waals surface area contributed by atoms with Crippen molar-refractivity contribution in [2.45, 2.75) is 11.7 Å². The lowest BCUT2D eigenvalue weighted by atomic mass is 10.1. The molecule has 0 bridgehead atoms. The van der Waals surface area contributed by atoms with E-state index in [1.807, 2.05) is 6.07 Å². The van der Waals surface area contributed by atoms with Crippen molar-refractivity contribution in [3.8, 4) is 11.3 Å². The fourth-order valence-corrected chi connectivity index (χ4v) is 3.89. The van der Waals surface area contributed by atoms with Crippen molar-refractivity contribution in [1.29, 1.82) is 0 Å². The number of rotatable bonds is 8. The van der Waals surface area contributed by atoms with Gasteiger partial charge in [-0.25, -0.2) is 9.67 Å². The van der Waals surface area contributed by atoms with Gasteiger partial charge in [-0.1, -0.05) is 23.9 Å². The molecular weight excluding hydrogens is 430 g/mol. The van der Waals surface area contributed by atoms with Gasteiger partial charge in [-0.3, -0.25) is 14.9 Å². The SMILES string of the molecule is O=C(CSc1nnnn1Cc1ccco1)Nc1nc(-c2cccc([N+](=O)[O-])c2)cs1. The van der Waals surface area contributed by atoms with Gasteiger partial charge < -0.3 is 9.73 Å². The molecule has 1 N–H and O–H groups in total. The van der Waals surface area contributed by atoms with Gasteiger partial charge in [-0.15, -0.1) is 16.4 Å². The van der Waals surface area contributed by atoms with Crippen molar-refractivity contribution in [3.05, 3.63) is 63.9 Å². The Balaban J connectivity index is 1.35. The number of non-ortho nitro benzene ring substituents is 1. The molecule has 0 aliphatic carbocycles. The number of furan rings is 1. The minimum Gasteiger partial charge on any atom is -0.467 e. The summed E-state index contributed by atoms with van der Waals surface area (Å²) in [5.74, 6) is 0.516. The van der Waals surface area contributed by atoms with Crippen molar-refractivity contribution in [3.63, 3.8) is 0 Å². The minimum atomic E-state index is -0.463. The Kier molecular flexibility index (Phi) is 5.81. The molecule has 3 aromatic heterocycles. The summed E-state index contributed by atoms with van der Waals surface area (Å²) in [6, 6.07) is 9.75. The molecule has 13 heteroatoms. The van der Waals surface area contributed by atoms with Crippen LogP contribution in [0.4, 0.5) is 10.8 Å². The van der Waals surface area contributed by atoms with Crippen LogP contribution in [-0.2, 0) is 11.3 Å². The molecule has 0 aliphatic heterocycles. The van der Waals surface area contributed by atoms with E-state index in [0.717, 1.165) is 0 Å². The van der Waals surface area contributed by atoms with Crippen molar-refractivity contribution in [2.24, 2.45) is 0 Å². The van der Waals surface area contributed by atoms with Crippen LogP contribution < -0.4 is 5.32 Å².